The zero-order valence-corrected chi connectivity index (χ0v) is 21.4. The van der Waals surface area contributed by atoms with Crippen LogP contribution >= 0.6 is 0 Å². The largest absolute Gasteiger partial charge is 0.415 e. The Morgan fingerprint density at radius 3 is 2.06 bits per heavy atom. The van der Waals surface area contributed by atoms with Crippen molar-refractivity contribution in [2.45, 2.75) is 18.7 Å². The van der Waals surface area contributed by atoms with Gasteiger partial charge in [-0.3, -0.25) is 0 Å². The number of benzene rings is 6. The quantitative estimate of drug-likeness (QED) is 0.139. The monoisotopic (exact) mass is 469 g/mol. The molecule has 7 rings (SSSR count). The first kappa shape index (κ1) is 19.7. The maximum atomic E-state index is 6.64. The Labute approximate surface area is 199 Å². The van der Waals surface area contributed by atoms with Gasteiger partial charge in [0.05, 0.1) is 6.10 Å². The van der Waals surface area contributed by atoms with Gasteiger partial charge in [0.15, 0.2) is 8.56 Å². The smallest absolute Gasteiger partial charge is 0.185 e. The van der Waals surface area contributed by atoms with Crippen molar-refractivity contribution in [1.82, 2.24) is 0 Å². The van der Waals surface area contributed by atoms with E-state index in [1.165, 1.54) is 59.4 Å². The average Bonchev–Trinajstić information content (AvgIpc) is 2.85. The lowest BCUT2D eigenvalue weighted by Crippen LogP contribution is -2.35. The van der Waals surface area contributed by atoms with Crippen LogP contribution in [-0.2, 0) is 4.43 Å². The first-order valence-corrected chi connectivity index (χ1v) is 17.6. The van der Waals surface area contributed by atoms with E-state index in [4.69, 9.17) is 4.43 Å². The summed E-state index contributed by atoms with van der Waals surface area (Å²) in [6, 6.07) is 35.2. The third-order valence-electron chi connectivity index (χ3n) is 6.92. The Bertz CT molecular complexity index is 1710. The Balaban J connectivity index is 1.57. The van der Waals surface area contributed by atoms with E-state index >= 15 is 0 Å². The summed E-state index contributed by atoms with van der Waals surface area (Å²) in [5.41, 5.74) is 1.41. The van der Waals surface area contributed by atoms with E-state index in [-0.39, 0.29) is 6.10 Å². The van der Waals surface area contributed by atoms with Crippen molar-refractivity contribution in [2.75, 3.05) is 0 Å². The van der Waals surface area contributed by atoms with Crippen molar-refractivity contribution in [2.24, 2.45) is 0 Å². The van der Waals surface area contributed by atoms with Crippen molar-refractivity contribution in [3.05, 3.63) is 96.6 Å². The van der Waals surface area contributed by atoms with Crippen LogP contribution in [0.4, 0.5) is 0 Å². The molecule has 1 atom stereocenters. The molecule has 0 aromatic heterocycles. The van der Waals surface area contributed by atoms with Gasteiger partial charge in [-0.05, 0) is 102 Å². The van der Waals surface area contributed by atoms with Gasteiger partial charge in [0.1, 0.15) is 0 Å². The summed E-state index contributed by atoms with van der Waals surface area (Å²) >= 11 is 0. The topological polar surface area (TPSA) is 9.23 Å². The highest BCUT2D eigenvalue weighted by molar-refractivity contribution is 7.34. The lowest BCUT2D eigenvalue weighted by molar-refractivity contribution is 0.238. The molecular formula is C29H21OSi3. The molecule has 5 radical (unpaired) electrons. The number of fused-ring (bicyclic) bond motifs is 6. The first-order chi connectivity index (χ1) is 16.2. The van der Waals surface area contributed by atoms with Gasteiger partial charge in [-0.1, -0.05) is 60.7 Å². The number of rotatable bonds is 1. The molecule has 0 spiro atoms. The van der Waals surface area contributed by atoms with Crippen LogP contribution in [0.2, 0.25) is 12.6 Å². The standard InChI is InChI=1S/C29H21OSi3/c1-33-30-28(17-31-32-33)29-24-9-5-4-8-20(24)15-27-25(29)11-10-21-14-22-12-18-6-2-3-7-19(18)13-23(22)16-26(21)27/h2-16,28H,17H2,1H3. The molecule has 33 heavy (non-hydrogen) atoms. The van der Waals surface area contributed by atoms with E-state index in [0.29, 0.717) is 0 Å². The summed E-state index contributed by atoms with van der Waals surface area (Å²) in [5.74, 6) is 0. The summed E-state index contributed by atoms with van der Waals surface area (Å²) in [7, 11) is 1.39. The molecule has 1 aliphatic rings. The molecule has 1 aliphatic heterocycles. The summed E-state index contributed by atoms with van der Waals surface area (Å²) in [6.45, 7) is 2.33. The Hall–Kier alpha value is -2.77. The molecule has 6 aromatic rings. The van der Waals surface area contributed by atoms with Gasteiger partial charge in [-0.15, -0.1) is 0 Å². The molecule has 0 saturated carbocycles. The van der Waals surface area contributed by atoms with Crippen molar-refractivity contribution in [3.8, 4) is 0 Å². The highest BCUT2D eigenvalue weighted by Crippen LogP contribution is 2.40. The minimum atomic E-state index is -0.675. The maximum Gasteiger partial charge on any atom is 0.185 e. The molecule has 1 nitrogen and oxygen atoms in total. The van der Waals surface area contributed by atoms with Crippen LogP contribution in [0.1, 0.15) is 11.7 Å². The molecule has 0 aliphatic carbocycles. The third kappa shape index (κ3) is 3.21. The first-order valence-electron chi connectivity index (χ1n) is 11.4. The SMILES string of the molecule is C[Si]1OC(c2c3ccccc3cc3c2ccc2cc4cc5ccccc5cc4cc23)C[Si][Si]1. The zero-order valence-electron chi connectivity index (χ0n) is 18.4. The average molecular weight is 470 g/mol. The molecule has 155 valence electrons. The summed E-state index contributed by atoms with van der Waals surface area (Å²) < 4.78 is 6.64. The zero-order chi connectivity index (χ0) is 21.9. The molecule has 0 N–H and O–H groups in total. The minimum absolute atomic E-state index is 0.221. The second-order valence-corrected chi connectivity index (χ2v) is 17.5. The van der Waals surface area contributed by atoms with Crippen LogP contribution in [0, 0.1) is 0 Å². The Kier molecular flexibility index (Phi) is 4.55. The second kappa shape index (κ2) is 7.64. The van der Waals surface area contributed by atoms with Gasteiger partial charge >= 0.3 is 0 Å². The summed E-state index contributed by atoms with van der Waals surface area (Å²) in [6.07, 6.45) is 0.221. The molecule has 6 aromatic carbocycles. The normalized spacial score (nSPS) is 17.5. The van der Waals surface area contributed by atoms with Gasteiger partial charge in [0.25, 0.3) is 0 Å². The predicted octanol–water partition coefficient (Wildman–Crippen LogP) is 7.38. The fourth-order valence-electron chi connectivity index (χ4n) is 5.41. The van der Waals surface area contributed by atoms with Crippen LogP contribution in [0.25, 0.3) is 53.9 Å². The van der Waals surface area contributed by atoms with Crippen LogP contribution in [-0.4, -0.2) is 26.1 Å². The van der Waals surface area contributed by atoms with Crippen LogP contribution in [0.3, 0.4) is 0 Å². The predicted molar refractivity (Wildman–Crippen MR) is 146 cm³/mol. The molecular weight excluding hydrogens is 449 g/mol. The molecule has 0 bridgehead atoms. The van der Waals surface area contributed by atoms with Crippen LogP contribution in [0.15, 0.2) is 91.0 Å². The summed E-state index contributed by atoms with van der Waals surface area (Å²) in [4.78, 5) is 0. The van der Waals surface area contributed by atoms with Crippen LogP contribution < -0.4 is 0 Å². The van der Waals surface area contributed by atoms with E-state index in [2.05, 4.69) is 97.5 Å². The molecule has 0 amide bonds. The van der Waals surface area contributed by atoms with Gasteiger partial charge in [0.2, 0.25) is 0 Å². The van der Waals surface area contributed by atoms with Gasteiger partial charge in [-0.25, -0.2) is 0 Å². The third-order valence-corrected chi connectivity index (χ3v) is 16.0. The number of hydrogen-bond acceptors (Lipinski definition) is 1. The Morgan fingerprint density at radius 1 is 0.636 bits per heavy atom. The van der Waals surface area contributed by atoms with Crippen molar-refractivity contribution >= 4 is 80.0 Å². The number of hydrogen-bond donors (Lipinski definition) is 0. The van der Waals surface area contributed by atoms with E-state index in [9.17, 15) is 0 Å². The van der Waals surface area contributed by atoms with Crippen molar-refractivity contribution < 1.29 is 4.43 Å². The van der Waals surface area contributed by atoms with Crippen molar-refractivity contribution in [3.63, 3.8) is 0 Å². The molecule has 1 unspecified atom stereocenters. The van der Waals surface area contributed by atoms with E-state index in [0.717, 1.165) is 23.6 Å². The Morgan fingerprint density at radius 2 is 1.27 bits per heavy atom. The maximum absolute atomic E-state index is 6.64. The van der Waals surface area contributed by atoms with E-state index in [1.54, 1.807) is 0 Å². The lowest BCUT2D eigenvalue weighted by atomic mass is 9.90. The molecule has 4 heteroatoms. The second-order valence-electron chi connectivity index (χ2n) is 8.96. The van der Waals surface area contributed by atoms with Crippen LogP contribution in [0.5, 0.6) is 0 Å². The van der Waals surface area contributed by atoms with E-state index < -0.39 is 8.56 Å². The lowest BCUT2D eigenvalue weighted by Gasteiger charge is -2.29. The van der Waals surface area contributed by atoms with Gasteiger partial charge < -0.3 is 4.43 Å². The van der Waals surface area contributed by atoms with E-state index in [1.807, 2.05) is 0 Å². The van der Waals surface area contributed by atoms with Gasteiger partial charge in [0, 0.05) is 17.6 Å². The minimum Gasteiger partial charge on any atom is -0.415 e. The highest BCUT2D eigenvalue weighted by atomic mass is 29.5. The molecule has 1 fully saturated rings. The highest BCUT2D eigenvalue weighted by Gasteiger charge is 2.26. The summed E-state index contributed by atoms with van der Waals surface area (Å²) in [5, 5.41) is 13.2. The van der Waals surface area contributed by atoms with Gasteiger partial charge in [-0.2, -0.15) is 0 Å². The fourth-order valence-corrected chi connectivity index (χ4v) is 13.0. The molecule has 1 saturated heterocycles. The fraction of sp³-hybridized carbons (Fsp3) is 0.103. The molecule has 1 heterocycles. The van der Waals surface area contributed by atoms with Crippen molar-refractivity contribution in [1.29, 1.82) is 0 Å².